The number of hydrogen-bond donors (Lipinski definition) is 0. The zero-order valence-electron chi connectivity index (χ0n) is 38.4. The molecule has 326 valence electrons. The minimum atomic E-state index is -0.481. The molecule has 1 aliphatic rings. The van der Waals surface area contributed by atoms with E-state index in [1.54, 1.807) is 0 Å². The van der Waals surface area contributed by atoms with E-state index in [4.69, 9.17) is 0 Å². The molecule has 0 unspecified atom stereocenters. The zero-order chi connectivity index (χ0) is 46.2. The van der Waals surface area contributed by atoms with Crippen LogP contribution in [0, 0.1) is 0 Å². The normalized spacial score (nSPS) is 12.7. The van der Waals surface area contributed by atoms with Gasteiger partial charge in [-0.15, -0.1) is 0 Å². The number of benzene rings is 12. The topological polar surface area (TPSA) is 4.93 Å². The first-order valence-corrected chi connectivity index (χ1v) is 24.3. The van der Waals surface area contributed by atoms with Gasteiger partial charge in [0, 0.05) is 16.5 Å². The van der Waals surface area contributed by atoms with Crippen molar-refractivity contribution in [1.82, 2.24) is 4.57 Å². The number of hydrogen-bond acceptors (Lipinski definition) is 0. The highest BCUT2D eigenvalue weighted by Crippen LogP contribution is 2.57. The standard InChI is InChI=1S/C69H45N/c1-4-18-46(19-5-1)47-32-34-48(35-33-47)50-39-43-66-62(44-50)57-25-15-17-31-65(57)70(66)54-40-36-49(37-41-54)67-58-26-10-12-28-60(58)68(61-29-13-11-27-59(61)67)51-38-42-56-55-24-14-16-30-63(55)69(64(56)45-51,52-20-6-2-7-21-52)53-22-8-3-9-23-53/h1-45H. The van der Waals surface area contributed by atoms with Crippen molar-refractivity contribution in [3.05, 3.63) is 295 Å². The monoisotopic (exact) mass is 887 g/mol. The maximum Gasteiger partial charge on any atom is 0.0713 e. The lowest BCUT2D eigenvalue weighted by Gasteiger charge is -2.34. The van der Waals surface area contributed by atoms with Crippen LogP contribution in [-0.2, 0) is 5.41 Å². The van der Waals surface area contributed by atoms with Crippen molar-refractivity contribution in [3.63, 3.8) is 0 Å². The van der Waals surface area contributed by atoms with Crippen molar-refractivity contribution >= 4 is 43.4 Å². The highest BCUT2D eigenvalue weighted by molar-refractivity contribution is 6.21. The van der Waals surface area contributed by atoms with Crippen LogP contribution in [0.5, 0.6) is 0 Å². The molecule has 0 aliphatic heterocycles. The molecule has 0 bridgehead atoms. The van der Waals surface area contributed by atoms with Crippen molar-refractivity contribution in [2.45, 2.75) is 5.41 Å². The van der Waals surface area contributed by atoms with Gasteiger partial charge in [-0.25, -0.2) is 0 Å². The number of aromatic nitrogens is 1. The lowest BCUT2D eigenvalue weighted by Crippen LogP contribution is -2.28. The number of rotatable bonds is 7. The van der Waals surface area contributed by atoms with Crippen LogP contribution < -0.4 is 0 Å². The van der Waals surface area contributed by atoms with Crippen molar-refractivity contribution in [1.29, 1.82) is 0 Å². The zero-order valence-corrected chi connectivity index (χ0v) is 38.4. The van der Waals surface area contributed by atoms with E-state index in [9.17, 15) is 0 Å². The third-order valence-corrected chi connectivity index (χ3v) is 15.1. The van der Waals surface area contributed by atoms with E-state index in [1.807, 2.05) is 0 Å². The molecule has 0 saturated heterocycles. The summed E-state index contributed by atoms with van der Waals surface area (Å²) in [5.74, 6) is 0. The Hall–Kier alpha value is -9.04. The molecule has 0 radical (unpaired) electrons. The summed E-state index contributed by atoms with van der Waals surface area (Å²) in [6.07, 6.45) is 0. The Morgan fingerprint density at radius 3 is 1.30 bits per heavy atom. The molecule has 1 aromatic heterocycles. The fourth-order valence-electron chi connectivity index (χ4n) is 12.0. The molecule has 13 aromatic rings. The van der Waals surface area contributed by atoms with Crippen LogP contribution in [-0.4, -0.2) is 4.57 Å². The molecule has 0 fully saturated rings. The minimum absolute atomic E-state index is 0.481. The fourth-order valence-corrected chi connectivity index (χ4v) is 12.0. The molecule has 12 aromatic carbocycles. The van der Waals surface area contributed by atoms with E-state index in [0.29, 0.717) is 0 Å². The summed E-state index contributed by atoms with van der Waals surface area (Å²) in [6.45, 7) is 0. The second-order valence-electron chi connectivity index (χ2n) is 18.7. The number of nitrogens with zero attached hydrogens (tertiary/aromatic N) is 1. The van der Waals surface area contributed by atoms with Gasteiger partial charge in [0.2, 0.25) is 0 Å². The summed E-state index contributed by atoms with van der Waals surface area (Å²) >= 11 is 0. The van der Waals surface area contributed by atoms with E-state index in [0.717, 1.165) is 5.69 Å². The average Bonchev–Trinajstić information content (AvgIpc) is 3.93. The molecule has 1 heterocycles. The van der Waals surface area contributed by atoms with E-state index in [1.165, 1.54) is 121 Å². The Kier molecular flexibility index (Phi) is 9.19. The summed E-state index contributed by atoms with van der Waals surface area (Å²) in [7, 11) is 0. The van der Waals surface area contributed by atoms with Gasteiger partial charge in [-0.2, -0.15) is 0 Å². The van der Waals surface area contributed by atoms with Gasteiger partial charge in [0.25, 0.3) is 0 Å². The molecular formula is C69H45N. The molecule has 1 aliphatic carbocycles. The molecule has 14 rings (SSSR count). The van der Waals surface area contributed by atoms with Crippen LogP contribution in [0.2, 0.25) is 0 Å². The van der Waals surface area contributed by atoms with Crippen LogP contribution in [0.1, 0.15) is 22.3 Å². The number of fused-ring (bicyclic) bond motifs is 8. The summed E-state index contributed by atoms with van der Waals surface area (Å²) in [5, 5.41) is 7.47. The van der Waals surface area contributed by atoms with E-state index < -0.39 is 5.41 Å². The largest absolute Gasteiger partial charge is 0.309 e. The first-order valence-electron chi connectivity index (χ1n) is 24.3. The van der Waals surface area contributed by atoms with Crippen LogP contribution in [0.15, 0.2) is 273 Å². The Bertz CT molecular complexity index is 4030. The van der Waals surface area contributed by atoms with Crippen LogP contribution in [0.25, 0.3) is 105 Å². The second kappa shape index (κ2) is 16.0. The minimum Gasteiger partial charge on any atom is -0.309 e. The van der Waals surface area contributed by atoms with Crippen molar-refractivity contribution < 1.29 is 0 Å². The maximum atomic E-state index is 2.51. The van der Waals surface area contributed by atoms with Gasteiger partial charge >= 0.3 is 0 Å². The highest BCUT2D eigenvalue weighted by Gasteiger charge is 2.46. The van der Waals surface area contributed by atoms with E-state index >= 15 is 0 Å². The smallest absolute Gasteiger partial charge is 0.0713 e. The third kappa shape index (κ3) is 6.05. The molecule has 1 heteroatoms. The summed E-state index contributed by atoms with van der Waals surface area (Å²) in [4.78, 5) is 0. The lowest BCUT2D eigenvalue weighted by atomic mass is 9.67. The van der Waals surface area contributed by atoms with E-state index in [-0.39, 0.29) is 0 Å². The molecule has 0 saturated carbocycles. The average molecular weight is 888 g/mol. The second-order valence-corrected chi connectivity index (χ2v) is 18.7. The molecule has 70 heavy (non-hydrogen) atoms. The summed E-state index contributed by atoms with van der Waals surface area (Å²) < 4.78 is 2.42. The Morgan fingerprint density at radius 2 is 0.671 bits per heavy atom. The first kappa shape index (κ1) is 40.1. The molecule has 0 atom stereocenters. The van der Waals surface area contributed by atoms with Gasteiger partial charge in [-0.3, -0.25) is 0 Å². The van der Waals surface area contributed by atoms with Gasteiger partial charge in [-0.1, -0.05) is 237 Å². The molecule has 1 nitrogen and oxygen atoms in total. The molecule has 0 spiro atoms. The van der Waals surface area contributed by atoms with Crippen LogP contribution in [0.4, 0.5) is 0 Å². The van der Waals surface area contributed by atoms with Crippen molar-refractivity contribution in [3.8, 4) is 61.3 Å². The van der Waals surface area contributed by atoms with Crippen LogP contribution in [0.3, 0.4) is 0 Å². The van der Waals surface area contributed by atoms with E-state index in [2.05, 4.69) is 278 Å². The van der Waals surface area contributed by atoms with Gasteiger partial charge in [0.05, 0.1) is 16.4 Å². The summed E-state index contributed by atoms with van der Waals surface area (Å²) in [5.41, 5.74) is 20.6. The van der Waals surface area contributed by atoms with Gasteiger partial charge in [0.1, 0.15) is 0 Å². The van der Waals surface area contributed by atoms with Crippen molar-refractivity contribution in [2.75, 3.05) is 0 Å². The number of para-hydroxylation sites is 1. The molecule has 0 N–H and O–H groups in total. The quantitative estimate of drug-likeness (QED) is 0.141. The van der Waals surface area contributed by atoms with Gasteiger partial charge in [-0.05, 0) is 136 Å². The predicted molar refractivity (Wildman–Crippen MR) is 295 cm³/mol. The SMILES string of the molecule is c1ccc(-c2ccc(-c3ccc4c(c3)c3ccccc3n4-c3ccc(-c4c5ccccc5c(-c5ccc6c(c5)C(c5ccccc5)(c5ccccc5)c5ccccc5-6)c5ccccc45)cc3)cc2)cc1. The molecular weight excluding hydrogens is 843 g/mol. The highest BCUT2D eigenvalue weighted by atomic mass is 15.0. The van der Waals surface area contributed by atoms with Crippen molar-refractivity contribution in [2.24, 2.45) is 0 Å². The van der Waals surface area contributed by atoms with Gasteiger partial charge < -0.3 is 4.57 Å². The lowest BCUT2D eigenvalue weighted by molar-refractivity contribution is 0.769. The van der Waals surface area contributed by atoms with Crippen LogP contribution >= 0.6 is 0 Å². The Labute approximate surface area is 407 Å². The Balaban J connectivity index is 0.904. The predicted octanol–water partition coefficient (Wildman–Crippen LogP) is 18.1. The van der Waals surface area contributed by atoms with Gasteiger partial charge in [0.15, 0.2) is 0 Å². The fraction of sp³-hybridized carbons (Fsp3) is 0.0145. The molecule has 0 amide bonds. The third-order valence-electron chi connectivity index (χ3n) is 15.1. The maximum absolute atomic E-state index is 2.51. The summed E-state index contributed by atoms with van der Waals surface area (Å²) in [6, 6.07) is 101. The Morgan fingerprint density at radius 1 is 0.243 bits per heavy atom. The first-order chi connectivity index (χ1) is 34.7.